The van der Waals surface area contributed by atoms with Gasteiger partial charge in [0.1, 0.15) is 5.75 Å². The molecule has 0 saturated carbocycles. The zero-order valence-corrected chi connectivity index (χ0v) is 18.9. The summed E-state index contributed by atoms with van der Waals surface area (Å²) in [5.41, 5.74) is 2.44. The van der Waals surface area contributed by atoms with Crippen LogP contribution in [0.3, 0.4) is 0 Å². The number of amides is 1. The van der Waals surface area contributed by atoms with Gasteiger partial charge >= 0.3 is 0 Å². The Morgan fingerprint density at radius 3 is 2.55 bits per heavy atom. The zero-order chi connectivity index (χ0) is 21.9. The summed E-state index contributed by atoms with van der Waals surface area (Å²) in [7, 11) is 0. The number of para-hydroxylation sites is 2. The average Bonchev–Trinajstić information content (AvgIpc) is 2.80. The molecule has 2 aromatic carbocycles. The van der Waals surface area contributed by atoms with E-state index in [1.165, 1.54) is 19.3 Å². The van der Waals surface area contributed by atoms with Gasteiger partial charge in [-0.1, -0.05) is 38.3 Å². The number of ether oxygens (including phenoxy) is 2. The molecule has 1 saturated heterocycles. The van der Waals surface area contributed by atoms with Crippen LogP contribution >= 0.6 is 12.2 Å². The number of rotatable bonds is 9. The van der Waals surface area contributed by atoms with E-state index in [0.717, 1.165) is 36.6 Å². The van der Waals surface area contributed by atoms with Crippen molar-refractivity contribution in [2.45, 2.75) is 32.6 Å². The molecule has 1 fully saturated rings. The monoisotopic (exact) mass is 441 g/mol. The summed E-state index contributed by atoms with van der Waals surface area (Å²) in [6.07, 6.45) is 4.66. The van der Waals surface area contributed by atoms with Crippen LogP contribution in [-0.4, -0.2) is 43.9 Å². The van der Waals surface area contributed by atoms with E-state index in [1.54, 1.807) is 12.1 Å². The fourth-order valence-electron chi connectivity index (χ4n) is 3.41. The van der Waals surface area contributed by atoms with Crippen molar-refractivity contribution in [1.82, 2.24) is 5.32 Å². The van der Waals surface area contributed by atoms with Gasteiger partial charge in [0.2, 0.25) is 0 Å². The Morgan fingerprint density at radius 2 is 1.81 bits per heavy atom. The van der Waals surface area contributed by atoms with Gasteiger partial charge in [0, 0.05) is 18.7 Å². The Kier molecular flexibility index (Phi) is 9.12. The Hall–Kier alpha value is -2.64. The van der Waals surface area contributed by atoms with Crippen LogP contribution in [0.1, 0.15) is 43.0 Å². The maximum absolute atomic E-state index is 12.6. The molecule has 31 heavy (non-hydrogen) atoms. The van der Waals surface area contributed by atoms with Crippen LogP contribution in [-0.2, 0) is 4.74 Å². The number of thiocarbonyl (C=S) groups is 1. The highest BCUT2D eigenvalue weighted by atomic mass is 32.1. The molecule has 1 aliphatic heterocycles. The van der Waals surface area contributed by atoms with Crippen molar-refractivity contribution in [2.75, 3.05) is 43.1 Å². The lowest BCUT2D eigenvalue weighted by Gasteiger charge is -2.30. The second-order valence-electron chi connectivity index (χ2n) is 7.46. The minimum atomic E-state index is -0.254. The van der Waals surface area contributed by atoms with E-state index in [2.05, 4.69) is 22.5 Å². The molecule has 0 aliphatic carbocycles. The van der Waals surface area contributed by atoms with Crippen molar-refractivity contribution in [2.24, 2.45) is 0 Å². The summed E-state index contributed by atoms with van der Waals surface area (Å²) in [4.78, 5) is 14.8. The minimum Gasteiger partial charge on any atom is -0.494 e. The lowest BCUT2D eigenvalue weighted by Crippen LogP contribution is -2.38. The van der Waals surface area contributed by atoms with Gasteiger partial charge in [-0.05, 0) is 55.0 Å². The maximum atomic E-state index is 12.6. The Labute approximate surface area is 189 Å². The highest BCUT2D eigenvalue weighted by Gasteiger charge is 2.16. The number of anilines is 2. The minimum absolute atomic E-state index is 0.254. The molecule has 0 atom stereocenters. The first-order valence-corrected chi connectivity index (χ1v) is 11.3. The van der Waals surface area contributed by atoms with Gasteiger partial charge in [0.05, 0.1) is 31.2 Å². The number of nitrogens with zero attached hydrogens (tertiary/aromatic N) is 1. The van der Waals surface area contributed by atoms with Crippen LogP contribution < -0.4 is 20.3 Å². The van der Waals surface area contributed by atoms with Crippen LogP contribution in [0.5, 0.6) is 5.75 Å². The molecule has 7 heteroatoms. The predicted octanol–water partition coefficient (Wildman–Crippen LogP) is 4.61. The van der Waals surface area contributed by atoms with Gasteiger partial charge < -0.3 is 19.7 Å². The molecule has 0 unspecified atom stereocenters. The second-order valence-corrected chi connectivity index (χ2v) is 7.87. The molecular weight excluding hydrogens is 410 g/mol. The van der Waals surface area contributed by atoms with Crippen LogP contribution in [0.15, 0.2) is 48.5 Å². The standard InChI is InChI=1S/C24H31N3O3S/c1-2-3-4-7-16-30-20-12-10-19(11-13-20)23(28)26-24(31)25-21-8-5-6-9-22(21)27-14-17-29-18-15-27/h5-6,8-13H,2-4,7,14-18H2,1H3,(H2,25,26,28,31). The van der Waals surface area contributed by atoms with E-state index < -0.39 is 0 Å². The fourth-order valence-corrected chi connectivity index (χ4v) is 3.61. The van der Waals surface area contributed by atoms with Crippen molar-refractivity contribution in [3.8, 4) is 5.75 Å². The van der Waals surface area contributed by atoms with Gasteiger partial charge in [-0.3, -0.25) is 10.1 Å². The summed E-state index contributed by atoms with van der Waals surface area (Å²) in [6.45, 7) is 5.94. The molecule has 0 spiro atoms. The van der Waals surface area contributed by atoms with Gasteiger partial charge in [-0.25, -0.2) is 0 Å². The van der Waals surface area contributed by atoms with Crippen LogP contribution in [0.25, 0.3) is 0 Å². The SMILES string of the molecule is CCCCCCOc1ccc(C(=O)NC(=S)Nc2ccccc2N2CCOCC2)cc1. The molecule has 6 nitrogen and oxygen atoms in total. The second kappa shape index (κ2) is 12.3. The third-order valence-corrected chi connectivity index (χ3v) is 5.32. The Balaban J connectivity index is 1.51. The number of unbranched alkanes of at least 4 members (excludes halogenated alkanes) is 3. The third-order valence-electron chi connectivity index (χ3n) is 5.11. The maximum Gasteiger partial charge on any atom is 0.257 e. The Bertz CT molecular complexity index is 851. The third kappa shape index (κ3) is 7.22. The molecule has 0 aromatic heterocycles. The molecule has 1 amide bonds. The molecule has 1 aliphatic rings. The normalized spacial score (nSPS) is 13.5. The van der Waals surface area contributed by atoms with Gasteiger partial charge in [-0.2, -0.15) is 0 Å². The summed E-state index contributed by atoms with van der Waals surface area (Å²) < 4.78 is 11.2. The molecule has 0 bridgehead atoms. The zero-order valence-electron chi connectivity index (χ0n) is 18.1. The van der Waals surface area contributed by atoms with Crippen molar-refractivity contribution in [3.63, 3.8) is 0 Å². The highest BCUT2D eigenvalue weighted by molar-refractivity contribution is 7.80. The molecule has 2 N–H and O–H groups in total. The first-order valence-electron chi connectivity index (χ1n) is 10.9. The predicted molar refractivity (Wildman–Crippen MR) is 129 cm³/mol. The molecule has 3 rings (SSSR count). The molecule has 1 heterocycles. The fraction of sp³-hybridized carbons (Fsp3) is 0.417. The largest absolute Gasteiger partial charge is 0.494 e. The lowest BCUT2D eigenvalue weighted by atomic mass is 10.2. The van der Waals surface area contributed by atoms with E-state index in [-0.39, 0.29) is 11.0 Å². The number of morpholine rings is 1. The number of nitrogens with one attached hydrogen (secondary N) is 2. The van der Waals surface area contributed by atoms with Crippen LogP contribution in [0.2, 0.25) is 0 Å². The summed E-state index contributed by atoms with van der Waals surface area (Å²) in [6, 6.07) is 15.1. The van der Waals surface area contributed by atoms with Crippen molar-refractivity contribution < 1.29 is 14.3 Å². The average molecular weight is 442 g/mol. The van der Waals surface area contributed by atoms with E-state index in [0.29, 0.717) is 25.4 Å². The molecule has 166 valence electrons. The summed E-state index contributed by atoms with van der Waals surface area (Å²) in [5, 5.41) is 6.18. The van der Waals surface area contributed by atoms with E-state index in [9.17, 15) is 4.79 Å². The highest BCUT2D eigenvalue weighted by Crippen LogP contribution is 2.26. The molecule has 2 aromatic rings. The lowest BCUT2D eigenvalue weighted by molar-refractivity contribution is 0.0977. The first-order chi connectivity index (χ1) is 15.2. The van der Waals surface area contributed by atoms with Gasteiger partial charge in [0.25, 0.3) is 5.91 Å². The van der Waals surface area contributed by atoms with Crippen molar-refractivity contribution >= 4 is 34.6 Å². The van der Waals surface area contributed by atoms with Crippen LogP contribution in [0, 0.1) is 0 Å². The number of hydrogen-bond donors (Lipinski definition) is 2. The van der Waals surface area contributed by atoms with Gasteiger partial charge in [-0.15, -0.1) is 0 Å². The van der Waals surface area contributed by atoms with E-state index in [1.807, 2.05) is 36.4 Å². The molecule has 0 radical (unpaired) electrons. The summed E-state index contributed by atoms with van der Waals surface area (Å²) >= 11 is 5.38. The quantitative estimate of drug-likeness (QED) is 0.438. The van der Waals surface area contributed by atoms with Crippen molar-refractivity contribution in [3.05, 3.63) is 54.1 Å². The topological polar surface area (TPSA) is 62.8 Å². The first kappa shape index (κ1) is 23.0. The van der Waals surface area contributed by atoms with E-state index >= 15 is 0 Å². The Morgan fingerprint density at radius 1 is 1.06 bits per heavy atom. The number of carbonyl (C=O) groups is 1. The smallest absolute Gasteiger partial charge is 0.257 e. The summed E-state index contributed by atoms with van der Waals surface area (Å²) in [5.74, 6) is 0.518. The van der Waals surface area contributed by atoms with Crippen LogP contribution in [0.4, 0.5) is 11.4 Å². The number of hydrogen-bond acceptors (Lipinski definition) is 5. The number of carbonyl (C=O) groups excluding carboxylic acids is 1. The number of benzene rings is 2. The van der Waals surface area contributed by atoms with E-state index in [4.69, 9.17) is 21.7 Å². The molecular formula is C24H31N3O3S. The van der Waals surface area contributed by atoms with Gasteiger partial charge in [0.15, 0.2) is 5.11 Å². The van der Waals surface area contributed by atoms with Crippen molar-refractivity contribution in [1.29, 1.82) is 0 Å².